The fourth-order valence-electron chi connectivity index (χ4n) is 1.72. The van der Waals surface area contributed by atoms with Crippen LogP contribution < -0.4 is 5.32 Å². The molecular weight excluding hydrogens is 294 g/mol. The molecule has 0 unspecified atom stereocenters. The number of thiophene rings is 1. The summed E-state index contributed by atoms with van der Waals surface area (Å²) < 4.78 is 10.0. The molecule has 112 valence electrons. The van der Waals surface area contributed by atoms with Gasteiger partial charge in [-0.25, -0.2) is 4.79 Å². The van der Waals surface area contributed by atoms with Crippen LogP contribution in [-0.2, 0) is 16.1 Å². The molecule has 0 spiro atoms. The van der Waals surface area contributed by atoms with Gasteiger partial charge >= 0.3 is 5.97 Å². The molecule has 2 aromatic heterocycles. The summed E-state index contributed by atoms with van der Waals surface area (Å²) in [7, 11) is 0. The summed E-state index contributed by atoms with van der Waals surface area (Å²) >= 11 is 1.34. The normalized spacial score (nSPS) is 10.5. The number of aryl methyl sites for hydroxylation is 2. The van der Waals surface area contributed by atoms with Crippen molar-refractivity contribution in [3.63, 3.8) is 0 Å². The van der Waals surface area contributed by atoms with Gasteiger partial charge in [0.25, 0.3) is 5.89 Å². The Bertz CT molecular complexity index is 690. The Hall–Kier alpha value is -2.22. The minimum Gasteiger partial charge on any atom is -0.452 e. The molecule has 8 heteroatoms. The van der Waals surface area contributed by atoms with Crippen LogP contribution in [0.4, 0.5) is 5.00 Å². The Kier molecular flexibility index (Phi) is 4.37. The number of amides is 1. The van der Waals surface area contributed by atoms with Gasteiger partial charge in [-0.1, -0.05) is 5.16 Å². The number of nitrogens with one attached hydrogen (secondary N) is 1. The van der Waals surface area contributed by atoms with Crippen LogP contribution in [0.2, 0.25) is 0 Å². The van der Waals surface area contributed by atoms with Gasteiger partial charge in [0.2, 0.25) is 5.91 Å². The first-order chi connectivity index (χ1) is 9.88. The topological polar surface area (TPSA) is 94.3 Å². The van der Waals surface area contributed by atoms with E-state index < -0.39 is 5.97 Å². The summed E-state index contributed by atoms with van der Waals surface area (Å²) in [6.07, 6.45) is 0. The number of nitrogens with zero attached hydrogens (tertiary/aromatic N) is 2. The van der Waals surface area contributed by atoms with E-state index in [0.717, 1.165) is 10.4 Å². The van der Waals surface area contributed by atoms with E-state index in [1.54, 1.807) is 6.92 Å². The zero-order valence-electron chi connectivity index (χ0n) is 12.1. The minimum atomic E-state index is -0.531. The Morgan fingerprint density at radius 2 is 2.05 bits per heavy atom. The van der Waals surface area contributed by atoms with Crippen LogP contribution in [0.5, 0.6) is 0 Å². The molecule has 0 aliphatic rings. The summed E-state index contributed by atoms with van der Waals surface area (Å²) in [6, 6.07) is 0. The second-order valence-corrected chi connectivity index (χ2v) is 5.70. The maximum Gasteiger partial charge on any atom is 0.341 e. The smallest absolute Gasteiger partial charge is 0.341 e. The Morgan fingerprint density at radius 1 is 1.33 bits per heavy atom. The number of carbonyl (C=O) groups excluding carboxylic acids is 2. The molecule has 0 aliphatic heterocycles. The molecule has 21 heavy (non-hydrogen) atoms. The summed E-state index contributed by atoms with van der Waals surface area (Å²) in [5.41, 5.74) is 1.15. The van der Waals surface area contributed by atoms with Gasteiger partial charge in [-0.3, -0.25) is 4.79 Å². The van der Waals surface area contributed by atoms with Gasteiger partial charge in [-0.15, -0.1) is 11.3 Å². The van der Waals surface area contributed by atoms with Crippen LogP contribution >= 0.6 is 11.3 Å². The second-order valence-electron chi connectivity index (χ2n) is 4.48. The largest absolute Gasteiger partial charge is 0.452 e. The van der Waals surface area contributed by atoms with Crippen molar-refractivity contribution in [3.05, 3.63) is 27.7 Å². The van der Waals surface area contributed by atoms with Gasteiger partial charge in [-0.2, -0.15) is 4.98 Å². The lowest BCUT2D eigenvalue weighted by molar-refractivity contribution is -0.114. The fraction of sp³-hybridized carbons (Fsp3) is 0.385. The molecule has 1 amide bonds. The predicted molar refractivity (Wildman–Crippen MR) is 76.3 cm³/mol. The predicted octanol–water partition coefficient (Wildman–Crippen LogP) is 2.37. The number of anilines is 1. The molecule has 0 saturated carbocycles. The molecular formula is C13H15N3O4S. The summed E-state index contributed by atoms with van der Waals surface area (Å²) in [5.74, 6) is -0.0663. The van der Waals surface area contributed by atoms with Crippen LogP contribution in [0.1, 0.15) is 39.4 Å². The van der Waals surface area contributed by atoms with Gasteiger partial charge in [0, 0.05) is 11.8 Å². The third-order valence-electron chi connectivity index (χ3n) is 2.78. The van der Waals surface area contributed by atoms with E-state index in [-0.39, 0.29) is 18.4 Å². The number of esters is 1. The summed E-state index contributed by atoms with van der Waals surface area (Å²) in [5, 5.41) is 6.75. The molecule has 1 N–H and O–H groups in total. The highest BCUT2D eigenvalue weighted by Gasteiger charge is 2.22. The van der Waals surface area contributed by atoms with E-state index in [9.17, 15) is 9.59 Å². The highest BCUT2D eigenvalue weighted by Crippen LogP contribution is 2.33. The first kappa shape index (κ1) is 15.2. The molecule has 2 rings (SSSR count). The number of ether oxygens (including phenoxy) is 1. The Labute approximate surface area is 125 Å². The van der Waals surface area contributed by atoms with Crippen molar-refractivity contribution in [2.45, 2.75) is 34.3 Å². The maximum absolute atomic E-state index is 12.2. The van der Waals surface area contributed by atoms with Crippen LogP contribution in [0.25, 0.3) is 0 Å². The van der Waals surface area contributed by atoms with Gasteiger partial charge < -0.3 is 14.6 Å². The van der Waals surface area contributed by atoms with E-state index in [0.29, 0.717) is 16.4 Å². The van der Waals surface area contributed by atoms with E-state index in [4.69, 9.17) is 9.26 Å². The van der Waals surface area contributed by atoms with Crippen LogP contribution in [0.15, 0.2) is 4.52 Å². The lowest BCUT2D eigenvalue weighted by atomic mass is 10.1. The number of hydrogen-bond donors (Lipinski definition) is 1. The standard InChI is InChI=1S/C13H15N3O4S/c1-6-7(2)21-12(15-9(4)17)11(6)13(18)19-5-10-14-8(3)16-20-10/h5H2,1-4H3,(H,15,17). The Balaban J connectivity index is 2.16. The highest BCUT2D eigenvalue weighted by atomic mass is 32.1. The van der Waals surface area contributed by atoms with Crippen molar-refractivity contribution in [1.82, 2.24) is 10.1 Å². The van der Waals surface area contributed by atoms with Crippen molar-refractivity contribution >= 4 is 28.2 Å². The lowest BCUT2D eigenvalue weighted by Crippen LogP contribution is -2.12. The number of aromatic nitrogens is 2. The van der Waals surface area contributed by atoms with Crippen molar-refractivity contribution in [2.75, 3.05) is 5.32 Å². The molecule has 0 fully saturated rings. The number of hydrogen-bond acceptors (Lipinski definition) is 7. The molecule has 2 aromatic rings. The average Bonchev–Trinajstić information content (AvgIpc) is 2.91. The molecule has 0 aromatic carbocycles. The van der Waals surface area contributed by atoms with Crippen LogP contribution in [-0.4, -0.2) is 22.0 Å². The molecule has 0 aliphatic carbocycles. The van der Waals surface area contributed by atoms with E-state index in [1.807, 2.05) is 13.8 Å². The molecule has 0 atom stereocenters. The van der Waals surface area contributed by atoms with E-state index >= 15 is 0 Å². The zero-order valence-corrected chi connectivity index (χ0v) is 13.0. The van der Waals surface area contributed by atoms with E-state index in [2.05, 4.69) is 15.5 Å². The van der Waals surface area contributed by atoms with Crippen molar-refractivity contribution in [3.8, 4) is 0 Å². The molecule has 0 bridgehead atoms. The van der Waals surface area contributed by atoms with Crippen molar-refractivity contribution in [1.29, 1.82) is 0 Å². The monoisotopic (exact) mass is 309 g/mol. The third-order valence-corrected chi connectivity index (χ3v) is 3.90. The van der Waals surface area contributed by atoms with Gasteiger partial charge in [0.15, 0.2) is 12.4 Å². The quantitative estimate of drug-likeness (QED) is 0.871. The fourth-order valence-corrected chi connectivity index (χ4v) is 2.81. The minimum absolute atomic E-state index is 0.104. The first-order valence-corrected chi connectivity index (χ1v) is 7.04. The molecule has 0 radical (unpaired) electrons. The highest BCUT2D eigenvalue weighted by molar-refractivity contribution is 7.16. The van der Waals surface area contributed by atoms with Crippen molar-refractivity contribution < 1.29 is 18.8 Å². The zero-order chi connectivity index (χ0) is 15.6. The van der Waals surface area contributed by atoms with E-state index in [1.165, 1.54) is 18.3 Å². The average molecular weight is 309 g/mol. The second kappa shape index (κ2) is 6.04. The third kappa shape index (κ3) is 3.46. The number of rotatable bonds is 4. The maximum atomic E-state index is 12.2. The van der Waals surface area contributed by atoms with Gasteiger partial charge in [-0.05, 0) is 26.3 Å². The van der Waals surface area contributed by atoms with Gasteiger partial charge in [0.05, 0.1) is 5.56 Å². The molecule has 0 saturated heterocycles. The van der Waals surface area contributed by atoms with Crippen LogP contribution in [0.3, 0.4) is 0 Å². The summed E-state index contributed by atoms with van der Waals surface area (Å²) in [4.78, 5) is 28.3. The SMILES string of the molecule is CC(=O)Nc1sc(C)c(C)c1C(=O)OCc1nc(C)no1. The molecule has 7 nitrogen and oxygen atoms in total. The summed E-state index contributed by atoms with van der Waals surface area (Å²) in [6.45, 7) is 6.65. The number of carbonyl (C=O) groups is 2. The lowest BCUT2D eigenvalue weighted by Gasteiger charge is -2.05. The van der Waals surface area contributed by atoms with Gasteiger partial charge in [0.1, 0.15) is 5.00 Å². The Morgan fingerprint density at radius 3 is 2.62 bits per heavy atom. The molecule has 2 heterocycles. The van der Waals surface area contributed by atoms with Crippen LogP contribution in [0, 0.1) is 20.8 Å². The van der Waals surface area contributed by atoms with Crippen molar-refractivity contribution in [2.24, 2.45) is 0 Å². The first-order valence-electron chi connectivity index (χ1n) is 6.22.